The molecular weight excluding hydrogens is 205 g/mol. The molecule has 0 fully saturated rings. The summed E-state index contributed by atoms with van der Waals surface area (Å²) >= 11 is 5.88. The van der Waals surface area contributed by atoms with Crippen LogP contribution >= 0.6 is 11.6 Å². The van der Waals surface area contributed by atoms with Crippen LogP contribution in [0.4, 0.5) is 4.39 Å². The zero-order chi connectivity index (χ0) is 11.2. The van der Waals surface area contributed by atoms with E-state index < -0.39 is 11.7 Å². The molecule has 2 N–H and O–H groups in total. The summed E-state index contributed by atoms with van der Waals surface area (Å²) in [6.07, 6.45) is 2.54. The molecule has 0 saturated heterocycles. The van der Waals surface area contributed by atoms with Gasteiger partial charge < -0.3 is 10.7 Å². The first-order valence-electron chi connectivity index (χ1n) is 4.20. The minimum Gasteiger partial charge on any atom is -0.311 e. The lowest BCUT2D eigenvalue weighted by atomic mass is 10.1. The summed E-state index contributed by atoms with van der Waals surface area (Å²) < 4.78 is 12.3. The molecule has 0 amide bonds. The van der Waals surface area contributed by atoms with Crippen LogP contribution in [0.15, 0.2) is 16.2 Å². The number of likely N-dealkylation sites (N-methyl/N-ethyl adjacent to an activating group) is 1. The molecular formula is C9H15ClFN3. The Kier molecular flexibility index (Phi) is 5.57. The van der Waals surface area contributed by atoms with Crippen LogP contribution < -0.4 is 5.32 Å². The third-order valence-corrected chi connectivity index (χ3v) is 2.27. The molecule has 0 radical (unpaired) electrons. The Morgan fingerprint density at radius 3 is 2.64 bits per heavy atom. The van der Waals surface area contributed by atoms with Gasteiger partial charge in [0, 0.05) is 18.6 Å². The van der Waals surface area contributed by atoms with Crippen molar-refractivity contribution in [1.29, 1.82) is 5.41 Å². The first-order chi connectivity index (χ1) is 6.46. The van der Waals surface area contributed by atoms with Crippen molar-refractivity contribution in [3.63, 3.8) is 0 Å². The van der Waals surface area contributed by atoms with Gasteiger partial charge in [-0.1, -0.05) is 11.6 Å². The largest absolute Gasteiger partial charge is 0.311 e. The molecule has 0 aliphatic carbocycles. The Morgan fingerprint density at radius 1 is 1.71 bits per heavy atom. The standard InChI is InChI=1S/C9H15ClFN3/c1-7(11)4-14-5-8(10)9(2,6-12)13-3/h4-7,12-13H,1-3H3/b8-5+,12-6?,14-4?. The molecule has 80 valence electrons. The molecule has 0 aromatic rings. The van der Waals surface area contributed by atoms with Crippen molar-refractivity contribution in [2.45, 2.75) is 25.6 Å². The number of alkyl halides is 1. The van der Waals surface area contributed by atoms with E-state index in [1.807, 2.05) is 0 Å². The maximum absolute atomic E-state index is 12.3. The van der Waals surface area contributed by atoms with E-state index in [-0.39, 0.29) is 0 Å². The van der Waals surface area contributed by atoms with Crippen LogP contribution in [-0.2, 0) is 0 Å². The molecule has 2 unspecified atom stereocenters. The summed E-state index contributed by atoms with van der Waals surface area (Å²) in [6.45, 7) is 3.10. The van der Waals surface area contributed by atoms with E-state index in [1.165, 1.54) is 19.3 Å². The van der Waals surface area contributed by atoms with E-state index >= 15 is 0 Å². The maximum atomic E-state index is 12.3. The molecule has 0 saturated carbocycles. The Balaban J connectivity index is 4.58. The van der Waals surface area contributed by atoms with Crippen molar-refractivity contribution in [2.24, 2.45) is 4.99 Å². The molecule has 2 atom stereocenters. The van der Waals surface area contributed by atoms with Crippen LogP contribution in [0.3, 0.4) is 0 Å². The van der Waals surface area contributed by atoms with Crippen LogP contribution in [0.2, 0.25) is 0 Å². The SMILES string of the molecule is CNC(C)(C=N)/C(Cl)=C\N=CC(C)F. The lowest BCUT2D eigenvalue weighted by Gasteiger charge is -2.22. The molecule has 0 bridgehead atoms. The predicted octanol–water partition coefficient (Wildman–Crippen LogP) is 2.12. The fraction of sp³-hybridized carbons (Fsp3) is 0.556. The Bertz CT molecular complexity index is 250. The summed E-state index contributed by atoms with van der Waals surface area (Å²) in [5.41, 5.74) is -0.738. The number of halogens is 2. The van der Waals surface area contributed by atoms with Crippen LogP contribution in [0, 0.1) is 5.41 Å². The Labute approximate surface area is 88.6 Å². The molecule has 0 rings (SSSR count). The number of hydrogen-bond acceptors (Lipinski definition) is 3. The van der Waals surface area contributed by atoms with Gasteiger partial charge in [-0.2, -0.15) is 0 Å². The maximum Gasteiger partial charge on any atom is 0.132 e. The first kappa shape index (κ1) is 13.3. The minimum atomic E-state index is -1.10. The van der Waals surface area contributed by atoms with Gasteiger partial charge in [0.2, 0.25) is 0 Å². The average Bonchev–Trinajstić information content (AvgIpc) is 2.15. The molecule has 5 heteroatoms. The summed E-state index contributed by atoms with van der Waals surface area (Å²) in [4.78, 5) is 3.70. The highest BCUT2D eigenvalue weighted by atomic mass is 35.5. The van der Waals surface area contributed by atoms with E-state index in [4.69, 9.17) is 17.0 Å². The monoisotopic (exact) mass is 219 g/mol. The van der Waals surface area contributed by atoms with Crippen LogP contribution in [0.5, 0.6) is 0 Å². The van der Waals surface area contributed by atoms with Crippen LogP contribution in [-0.4, -0.2) is 31.2 Å². The highest BCUT2D eigenvalue weighted by Crippen LogP contribution is 2.17. The van der Waals surface area contributed by atoms with E-state index in [0.29, 0.717) is 5.03 Å². The third-order valence-electron chi connectivity index (χ3n) is 1.78. The molecule has 0 spiro atoms. The van der Waals surface area contributed by atoms with Crippen LogP contribution in [0.25, 0.3) is 0 Å². The quantitative estimate of drug-likeness (QED) is 0.684. The van der Waals surface area contributed by atoms with Crippen molar-refractivity contribution in [3.8, 4) is 0 Å². The Morgan fingerprint density at radius 2 is 2.29 bits per heavy atom. The number of nitrogens with zero attached hydrogens (tertiary/aromatic N) is 1. The van der Waals surface area contributed by atoms with Gasteiger partial charge in [0.25, 0.3) is 0 Å². The third kappa shape index (κ3) is 3.98. The smallest absolute Gasteiger partial charge is 0.132 e. The Hall–Kier alpha value is -0.740. The first-order valence-corrected chi connectivity index (χ1v) is 4.58. The predicted molar refractivity (Wildman–Crippen MR) is 59.2 cm³/mol. The minimum absolute atomic E-state index is 0.340. The fourth-order valence-corrected chi connectivity index (χ4v) is 0.827. The van der Waals surface area contributed by atoms with E-state index in [9.17, 15) is 4.39 Å². The second-order valence-corrected chi connectivity index (χ2v) is 3.46. The van der Waals surface area contributed by atoms with Gasteiger partial charge in [-0.05, 0) is 20.9 Å². The average molecular weight is 220 g/mol. The zero-order valence-corrected chi connectivity index (χ0v) is 9.27. The van der Waals surface area contributed by atoms with Gasteiger partial charge in [0.1, 0.15) is 6.17 Å². The molecule has 3 nitrogen and oxygen atoms in total. The number of hydrogen-bond donors (Lipinski definition) is 2. The molecule has 0 heterocycles. The molecule has 0 aromatic carbocycles. The molecule has 0 aliphatic heterocycles. The molecule has 14 heavy (non-hydrogen) atoms. The highest BCUT2D eigenvalue weighted by molar-refractivity contribution is 6.32. The van der Waals surface area contributed by atoms with Gasteiger partial charge >= 0.3 is 0 Å². The van der Waals surface area contributed by atoms with Gasteiger partial charge in [-0.25, -0.2) is 4.39 Å². The lowest BCUT2D eigenvalue weighted by molar-refractivity contribution is 0.461. The summed E-state index contributed by atoms with van der Waals surface area (Å²) in [6, 6.07) is 0. The van der Waals surface area contributed by atoms with Crippen molar-refractivity contribution >= 4 is 24.0 Å². The second kappa shape index (κ2) is 5.88. The van der Waals surface area contributed by atoms with Crippen LogP contribution in [0.1, 0.15) is 13.8 Å². The normalized spacial score (nSPS) is 19.4. The molecule has 0 aliphatic rings. The summed E-state index contributed by atoms with van der Waals surface area (Å²) in [5, 5.41) is 10.4. The van der Waals surface area contributed by atoms with Gasteiger partial charge in [0.05, 0.1) is 10.6 Å². The molecule has 0 aromatic heterocycles. The van der Waals surface area contributed by atoms with Crippen molar-refractivity contribution in [3.05, 3.63) is 11.2 Å². The van der Waals surface area contributed by atoms with Gasteiger partial charge in [0.15, 0.2) is 0 Å². The number of nitrogens with one attached hydrogen (secondary N) is 2. The fourth-order valence-electron chi connectivity index (χ4n) is 0.622. The van der Waals surface area contributed by atoms with Gasteiger partial charge in [-0.3, -0.25) is 4.99 Å². The van der Waals surface area contributed by atoms with Gasteiger partial charge in [-0.15, -0.1) is 0 Å². The topological polar surface area (TPSA) is 48.2 Å². The zero-order valence-electron chi connectivity index (χ0n) is 8.51. The van der Waals surface area contributed by atoms with E-state index in [0.717, 1.165) is 6.21 Å². The van der Waals surface area contributed by atoms with Crippen molar-refractivity contribution in [1.82, 2.24) is 5.32 Å². The lowest BCUT2D eigenvalue weighted by Crippen LogP contribution is -2.41. The van der Waals surface area contributed by atoms with E-state index in [1.54, 1.807) is 14.0 Å². The summed E-state index contributed by atoms with van der Waals surface area (Å²) in [7, 11) is 1.68. The number of aliphatic imine (C=N–C) groups is 1. The van der Waals surface area contributed by atoms with Crippen molar-refractivity contribution in [2.75, 3.05) is 7.05 Å². The van der Waals surface area contributed by atoms with E-state index in [2.05, 4.69) is 10.3 Å². The highest BCUT2D eigenvalue weighted by Gasteiger charge is 2.22. The second-order valence-electron chi connectivity index (χ2n) is 3.05. The summed E-state index contributed by atoms with van der Waals surface area (Å²) in [5.74, 6) is 0. The van der Waals surface area contributed by atoms with Crippen molar-refractivity contribution < 1.29 is 4.39 Å². The number of rotatable bonds is 5.